The molecule has 0 N–H and O–H groups in total. The van der Waals surface area contributed by atoms with Crippen LogP contribution in [0.4, 0.5) is 17.1 Å². The van der Waals surface area contributed by atoms with Gasteiger partial charge in [-0.2, -0.15) is 0 Å². The lowest BCUT2D eigenvalue weighted by molar-refractivity contribution is 0.412. The molecule has 0 heterocycles. The summed E-state index contributed by atoms with van der Waals surface area (Å²) in [5.74, 6) is 0.898. The fourth-order valence-corrected chi connectivity index (χ4v) is 3.62. The van der Waals surface area contributed by atoms with Gasteiger partial charge in [-0.1, -0.05) is 71.9 Å². The minimum Gasteiger partial charge on any atom is -0.496 e. The third kappa shape index (κ3) is 4.70. The molecule has 0 atom stereocenters. The third-order valence-electron chi connectivity index (χ3n) is 5.63. The number of benzene rings is 3. The van der Waals surface area contributed by atoms with Crippen molar-refractivity contribution in [1.82, 2.24) is 0 Å². The predicted octanol–water partition coefficient (Wildman–Crippen LogP) is 8.07. The van der Waals surface area contributed by atoms with Gasteiger partial charge in [0.1, 0.15) is 5.75 Å². The summed E-state index contributed by atoms with van der Waals surface area (Å²) >= 11 is 0. The van der Waals surface area contributed by atoms with Crippen LogP contribution in [-0.2, 0) is 10.8 Å². The number of nitrogens with zero attached hydrogens (tertiary/aromatic N) is 1. The van der Waals surface area contributed by atoms with E-state index in [4.69, 9.17) is 4.74 Å². The van der Waals surface area contributed by atoms with Crippen LogP contribution in [0.25, 0.3) is 0 Å². The van der Waals surface area contributed by atoms with Crippen LogP contribution in [-0.4, -0.2) is 7.11 Å². The number of methoxy groups -OCH3 is 1. The Morgan fingerprint density at radius 3 is 1.37 bits per heavy atom. The number of aryl methyl sites for hydroxylation is 1. The molecule has 0 spiro atoms. The highest BCUT2D eigenvalue weighted by atomic mass is 16.5. The number of hydrogen-bond donors (Lipinski definition) is 0. The summed E-state index contributed by atoms with van der Waals surface area (Å²) in [6.45, 7) is 15.5. The average molecular weight is 402 g/mol. The number of ether oxygens (including phenoxy) is 1. The number of rotatable bonds is 4. The summed E-state index contributed by atoms with van der Waals surface area (Å²) in [4.78, 5) is 2.29. The molecule has 0 aliphatic rings. The van der Waals surface area contributed by atoms with Crippen LogP contribution in [0, 0.1) is 6.92 Å². The van der Waals surface area contributed by atoms with Gasteiger partial charge in [-0.15, -0.1) is 0 Å². The molecule has 0 aliphatic heterocycles. The van der Waals surface area contributed by atoms with Gasteiger partial charge in [0.2, 0.25) is 0 Å². The lowest BCUT2D eigenvalue weighted by Gasteiger charge is -2.28. The van der Waals surface area contributed by atoms with Gasteiger partial charge in [0, 0.05) is 23.1 Å². The van der Waals surface area contributed by atoms with Gasteiger partial charge >= 0.3 is 0 Å². The molecule has 0 radical (unpaired) electrons. The van der Waals surface area contributed by atoms with Gasteiger partial charge in [0.25, 0.3) is 0 Å². The van der Waals surface area contributed by atoms with E-state index in [-0.39, 0.29) is 10.8 Å². The topological polar surface area (TPSA) is 12.5 Å². The molecule has 0 amide bonds. The second kappa shape index (κ2) is 8.18. The molecule has 0 saturated carbocycles. The Kier molecular flexibility index (Phi) is 5.99. The molecule has 0 fully saturated rings. The van der Waals surface area contributed by atoms with Crippen LogP contribution < -0.4 is 9.64 Å². The zero-order valence-corrected chi connectivity index (χ0v) is 19.7. The fourth-order valence-electron chi connectivity index (χ4n) is 3.62. The van der Waals surface area contributed by atoms with Crippen LogP contribution in [0.15, 0.2) is 66.7 Å². The van der Waals surface area contributed by atoms with Crippen molar-refractivity contribution >= 4 is 17.1 Å². The van der Waals surface area contributed by atoms with Crippen molar-refractivity contribution in [2.45, 2.75) is 59.3 Å². The van der Waals surface area contributed by atoms with E-state index in [1.54, 1.807) is 7.11 Å². The Labute approximate surface area is 182 Å². The largest absolute Gasteiger partial charge is 0.496 e. The van der Waals surface area contributed by atoms with Crippen LogP contribution in [0.1, 0.15) is 58.2 Å². The minimum absolute atomic E-state index is 0.130. The first-order valence-corrected chi connectivity index (χ1v) is 10.7. The molecule has 3 rings (SSSR count). The first-order valence-electron chi connectivity index (χ1n) is 10.7. The Balaban J connectivity index is 2.12. The Morgan fingerprint density at radius 2 is 1.00 bits per heavy atom. The summed E-state index contributed by atoms with van der Waals surface area (Å²) in [7, 11) is 1.73. The van der Waals surface area contributed by atoms with E-state index < -0.39 is 0 Å². The third-order valence-corrected chi connectivity index (χ3v) is 5.63. The second-order valence-electron chi connectivity index (χ2n) is 10.1. The normalized spacial score (nSPS) is 12.0. The Hall–Kier alpha value is -2.74. The minimum atomic E-state index is 0.130. The quantitative estimate of drug-likeness (QED) is 0.438. The van der Waals surface area contributed by atoms with E-state index in [2.05, 4.69) is 120 Å². The van der Waals surface area contributed by atoms with Crippen molar-refractivity contribution in [3.63, 3.8) is 0 Å². The second-order valence-corrected chi connectivity index (χ2v) is 10.1. The van der Waals surface area contributed by atoms with Crippen molar-refractivity contribution in [2.24, 2.45) is 0 Å². The molecule has 0 bridgehead atoms. The number of anilines is 3. The predicted molar refractivity (Wildman–Crippen MR) is 130 cm³/mol. The standard InChI is InChI=1S/C28H35NO/c1-20-9-14-25(19-26(20)30-8)29(23-15-10-21(11-16-23)27(2,3)4)24-17-12-22(13-18-24)28(5,6)7/h9-19H,1-8H3. The smallest absolute Gasteiger partial charge is 0.123 e. The molecular weight excluding hydrogens is 366 g/mol. The summed E-state index contributed by atoms with van der Waals surface area (Å²) in [5.41, 5.74) is 7.41. The molecule has 158 valence electrons. The van der Waals surface area contributed by atoms with Gasteiger partial charge in [-0.25, -0.2) is 0 Å². The van der Waals surface area contributed by atoms with Gasteiger partial charge in [-0.3, -0.25) is 0 Å². The van der Waals surface area contributed by atoms with E-state index in [1.807, 2.05) is 0 Å². The van der Waals surface area contributed by atoms with Crippen LogP contribution >= 0.6 is 0 Å². The maximum absolute atomic E-state index is 5.61. The molecule has 0 aliphatic carbocycles. The summed E-state index contributed by atoms with van der Waals surface area (Å²) in [6, 6.07) is 24.2. The molecule has 0 saturated heterocycles. The molecule has 0 aromatic heterocycles. The van der Waals surface area contributed by atoms with E-state index in [1.165, 1.54) is 11.1 Å². The first-order chi connectivity index (χ1) is 14.0. The monoisotopic (exact) mass is 401 g/mol. The van der Waals surface area contributed by atoms with Crippen molar-refractivity contribution in [1.29, 1.82) is 0 Å². The molecule has 2 heteroatoms. The number of hydrogen-bond acceptors (Lipinski definition) is 2. The maximum atomic E-state index is 5.61. The van der Waals surface area contributed by atoms with E-state index in [0.717, 1.165) is 28.4 Å². The molecule has 2 nitrogen and oxygen atoms in total. The van der Waals surface area contributed by atoms with Crippen molar-refractivity contribution in [2.75, 3.05) is 12.0 Å². The molecule has 30 heavy (non-hydrogen) atoms. The van der Waals surface area contributed by atoms with E-state index >= 15 is 0 Å². The van der Waals surface area contributed by atoms with Crippen molar-refractivity contribution < 1.29 is 4.74 Å². The Bertz CT molecular complexity index is 929. The van der Waals surface area contributed by atoms with Crippen LogP contribution in [0.5, 0.6) is 5.75 Å². The average Bonchev–Trinajstić information content (AvgIpc) is 2.69. The zero-order chi connectivity index (χ0) is 22.1. The molecule has 0 unspecified atom stereocenters. The SMILES string of the molecule is COc1cc(N(c2ccc(C(C)(C)C)cc2)c2ccc(C(C)(C)C)cc2)ccc1C. The van der Waals surface area contributed by atoms with Gasteiger partial charge < -0.3 is 9.64 Å². The Morgan fingerprint density at radius 1 is 0.600 bits per heavy atom. The highest BCUT2D eigenvalue weighted by molar-refractivity contribution is 5.77. The van der Waals surface area contributed by atoms with Gasteiger partial charge in [0.15, 0.2) is 0 Å². The van der Waals surface area contributed by atoms with Crippen molar-refractivity contribution in [3.8, 4) is 5.75 Å². The van der Waals surface area contributed by atoms with Gasteiger partial charge in [0.05, 0.1) is 7.11 Å². The fraction of sp³-hybridized carbons (Fsp3) is 0.357. The van der Waals surface area contributed by atoms with Crippen LogP contribution in [0.2, 0.25) is 0 Å². The summed E-state index contributed by atoms with van der Waals surface area (Å²) < 4.78 is 5.61. The molecule has 3 aromatic rings. The van der Waals surface area contributed by atoms with Gasteiger partial charge in [-0.05, 0) is 64.8 Å². The molecule has 3 aromatic carbocycles. The highest BCUT2D eigenvalue weighted by Crippen LogP contribution is 2.38. The van der Waals surface area contributed by atoms with E-state index in [0.29, 0.717) is 0 Å². The van der Waals surface area contributed by atoms with E-state index in [9.17, 15) is 0 Å². The lowest BCUT2D eigenvalue weighted by Crippen LogP contribution is -2.14. The summed E-state index contributed by atoms with van der Waals surface area (Å²) in [5, 5.41) is 0. The zero-order valence-electron chi connectivity index (χ0n) is 19.7. The first kappa shape index (κ1) is 22.0. The lowest BCUT2D eigenvalue weighted by atomic mass is 9.86. The molecular formula is C28H35NO. The highest BCUT2D eigenvalue weighted by Gasteiger charge is 2.19. The maximum Gasteiger partial charge on any atom is 0.123 e. The van der Waals surface area contributed by atoms with Crippen LogP contribution in [0.3, 0.4) is 0 Å². The van der Waals surface area contributed by atoms with Crippen molar-refractivity contribution in [3.05, 3.63) is 83.4 Å². The summed E-state index contributed by atoms with van der Waals surface area (Å²) in [6.07, 6.45) is 0.